The van der Waals surface area contributed by atoms with E-state index in [2.05, 4.69) is 70.6 Å². The monoisotopic (exact) mass is 372 g/mol. The van der Waals surface area contributed by atoms with Gasteiger partial charge in [-0.3, -0.25) is 19.9 Å². The maximum Gasteiger partial charge on any atom is 0.0968 e. The lowest BCUT2D eigenvalue weighted by Crippen LogP contribution is -1.97. The fourth-order valence-electron chi connectivity index (χ4n) is 3.91. The average Bonchev–Trinajstić information content (AvgIpc) is 2.79. The van der Waals surface area contributed by atoms with Crippen molar-refractivity contribution in [3.05, 3.63) is 96.6 Å². The topological polar surface area (TPSA) is 51.6 Å². The smallest absolute Gasteiger partial charge is 0.0968 e. The number of aromatic nitrogens is 4. The van der Waals surface area contributed by atoms with Gasteiger partial charge in [-0.25, -0.2) is 0 Å². The molecule has 0 N–H and O–H groups in total. The van der Waals surface area contributed by atoms with Crippen LogP contribution >= 0.6 is 0 Å². The first kappa shape index (κ1) is 16.1. The van der Waals surface area contributed by atoms with Gasteiger partial charge in [0.25, 0.3) is 0 Å². The maximum absolute atomic E-state index is 4.92. The summed E-state index contributed by atoms with van der Waals surface area (Å²) < 4.78 is 0. The summed E-state index contributed by atoms with van der Waals surface area (Å²) in [6.07, 6.45) is 4.30. The molecule has 6 rings (SSSR count). The Hall–Kier alpha value is -3.92. The summed E-state index contributed by atoms with van der Waals surface area (Å²) in [7, 11) is 0. The summed E-state index contributed by atoms with van der Waals surface area (Å²) >= 11 is 0. The summed E-state index contributed by atoms with van der Waals surface area (Å²) in [5.41, 5.74) is 5.72. The quantitative estimate of drug-likeness (QED) is 0.378. The molecule has 0 fully saturated rings. The normalized spacial score (nSPS) is 11.6. The van der Waals surface area contributed by atoms with E-state index in [9.17, 15) is 0 Å². The van der Waals surface area contributed by atoms with Crippen LogP contribution in [0.4, 0.5) is 0 Å². The highest BCUT2D eigenvalue weighted by Crippen LogP contribution is 2.25. The Morgan fingerprint density at radius 3 is 1.34 bits per heavy atom. The van der Waals surface area contributed by atoms with Crippen molar-refractivity contribution in [1.82, 2.24) is 19.9 Å². The van der Waals surface area contributed by atoms with Crippen molar-refractivity contribution in [3.63, 3.8) is 0 Å². The molecular formula is C25H16N4. The van der Waals surface area contributed by atoms with Gasteiger partial charge in [-0.15, -0.1) is 0 Å². The molecule has 0 spiro atoms. The second-order valence-corrected chi connectivity index (χ2v) is 7.21. The number of fused-ring (bicyclic) bond motifs is 6. The zero-order valence-electron chi connectivity index (χ0n) is 15.6. The molecule has 0 amide bonds. The molecule has 0 aliphatic carbocycles. The van der Waals surface area contributed by atoms with Crippen molar-refractivity contribution in [2.45, 2.75) is 6.42 Å². The molecule has 0 atom stereocenters. The van der Waals surface area contributed by atoms with Gasteiger partial charge in [0.2, 0.25) is 0 Å². The molecular weight excluding hydrogens is 356 g/mol. The number of rotatable bonds is 2. The molecule has 6 aromatic rings. The zero-order valence-corrected chi connectivity index (χ0v) is 15.6. The lowest BCUT2D eigenvalue weighted by atomic mass is 10.1. The Labute approximate surface area is 166 Å². The number of benzene rings is 2. The molecule has 0 aliphatic rings. The minimum atomic E-state index is 0.665. The second kappa shape index (κ2) is 6.31. The fourth-order valence-corrected chi connectivity index (χ4v) is 3.91. The van der Waals surface area contributed by atoms with E-state index in [1.807, 2.05) is 24.5 Å². The van der Waals surface area contributed by atoms with Crippen LogP contribution < -0.4 is 0 Å². The van der Waals surface area contributed by atoms with Crippen molar-refractivity contribution in [2.24, 2.45) is 0 Å². The van der Waals surface area contributed by atoms with Crippen molar-refractivity contribution in [1.29, 1.82) is 0 Å². The average molecular weight is 372 g/mol. The standard InChI is InChI=1S/C25H16N4/c1-3-16-5-7-18-9-11-20(28-24(18)22(16)26-13-1)15-21-12-10-19-8-6-17-4-2-14-27-23(17)25(19)29-21/h1-14H,15H2. The van der Waals surface area contributed by atoms with Crippen molar-refractivity contribution in [2.75, 3.05) is 0 Å². The Bertz CT molecular complexity index is 1420. The van der Waals surface area contributed by atoms with Crippen molar-refractivity contribution < 1.29 is 0 Å². The zero-order chi connectivity index (χ0) is 19.2. The molecule has 29 heavy (non-hydrogen) atoms. The van der Waals surface area contributed by atoms with Gasteiger partial charge in [0.15, 0.2) is 0 Å². The molecule has 4 aromatic heterocycles. The fraction of sp³-hybridized carbons (Fsp3) is 0.0400. The van der Waals surface area contributed by atoms with Crippen LogP contribution in [0, 0.1) is 0 Å². The second-order valence-electron chi connectivity index (χ2n) is 7.21. The van der Waals surface area contributed by atoms with E-state index in [-0.39, 0.29) is 0 Å². The van der Waals surface area contributed by atoms with Gasteiger partial charge in [0.05, 0.1) is 22.1 Å². The van der Waals surface area contributed by atoms with Crippen LogP contribution in [0.25, 0.3) is 43.6 Å². The Kier molecular flexibility index (Phi) is 3.50. The maximum atomic E-state index is 4.92. The summed E-state index contributed by atoms with van der Waals surface area (Å²) in [5.74, 6) is 0. The van der Waals surface area contributed by atoms with E-state index in [0.717, 1.165) is 55.0 Å². The summed E-state index contributed by atoms with van der Waals surface area (Å²) in [6.45, 7) is 0. The first-order valence-corrected chi connectivity index (χ1v) is 9.62. The van der Waals surface area contributed by atoms with Gasteiger partial charge in [0.1, 0.15) is 0 Å². The molecule has 136 valence electrons. The van der Waals surface area contributed by atoms with Gasteiger partial charge < -0.3 is 0 Å². The highest BCUT2D eigenvalue weighted by atomic mass is 14.8. The van der Waals surface area contributed by atoms with Crippen LogP contribution in [-0.4, -0.2) is 19.9 Å². The minimum Gasteiger partial charge on any atom is -0.254 e. The van der Waals surface area contributed by atoms with Crippen LogP contribution in [0.3, 0.4) is 0 Å². The predicted molar refractivity (Wildman–Crippen MR) is 117 cm³/mol. The van der Waals surface area contributed by atoms with E-state index in [1.165, 1.54) is 0 Å². The van der Waals surface area contributed by atoms with E-state index in [4.69, 9.17) is 9.97 Å². The summed E-state index contributed by atoms with van der Waals surface area (Å²) in [5, 5.41) is 4.40. The molecule has 4 heteroatoms. The molecule has 2 aromatic carbocycles. The third kappa shape index (κ3) is 2.69. The van der Waals surface area contributed by atoms with Gasteiger partial charge in [-0.1, -0.05) is 48.5 Å². The largest absolute Gasteiger partial charge is 0.254 e. The molecule has 0 aliphatic heterocycles. The molecule has 4 heterocycles. The number of pyridine rings is 4. The molecule has 0 saturated carbocycles. The van der Waals surface area contributed by atoms with Crippen molar-refractivity contribution in [3.8, 4) is 0 Å². The SMILES string of the molecule is c1cnc2c(c1)ccc1ccc(Cc3ccc4ccc5cccnc5c4n3)nc12. The molecule has 0 radical (unpaired) electrons. The van der Waals surface area contributed by atoms with Crippen molar-refractivity contribution >= 4 is 43.6 Å². The third-order valence-electron chi connectivity index (χ3n) is 5.34. The first-order valence-electron chi connectivity index (χ1n) is 9.62. The van der Waals surface area contributed by atoms with Gasteiger partial charge >= 0.3 is 0 Å². The Morgan fingerprint density at radius 2 is 0.862 bits per heavy atom. The number of hydrogen-bond donors (Lipinski definition) is 0. The predicted octanol–water partition coefficient (Wildman–Crippen LogP) is 5.47. The van der Waals surface area contributed by atoms with E-state index in [0.29, 0.717) is 6.42 Å². The van der Waals surface area contributed by atoms with Crippen LogP contribution in [0.1, 0.15) is 11.4 Å². The van der Waals surface area contributed by atoms with Gasteiger partial charge in [-0.05, 0) is 24.3 Å². The van der Waals surface area contributed by atoms with Crippen LogP contribution in [0.2, 0.25) is 0 Å². The first-order chi connectivity index (χ1) is 14.3. The lowest BCUT2D eigenvalue weighted by molar-refractivity contribution is 1.04. The molecule has 0 bridgehead atoms. The number of nitrogens with zero attached hydrogens (tertiary/aromatic N) is 4. The highest BCUT2D eigenvalue weighted by molar-refractivity contribution is 6.03. The summed E-state index contributed by atoms with van der Waals surface area (Å²) in [6, 6.07) is 24.8. The summed E-state index contributed by atoms with van der Waals surface area (Å²) in [4.78, 5) is 18.9. The number of hydrogen-bond acceptors (Lipinski definition) is 4. The lowest BCUT2D eigenvalue weighted by Gasteiger charge is -2.07. The molecule has 0 saturated heterocycles. The minimum absolute atomic E-state index is 0.665. The Balaban J connectivity index is 1.48. The van der Waals surface area contributed by atoms with Crippen LogP contribution in [0.15, 0.2) is 85.2 Å². The van der Waals surface area contributed by atoms with Gasteiger partial charge in [0, 0.05) is 51.7 Å². The van der Waals surface area contributed by atoms with E-state index in [1.54, 1.807) is 0 Å². The van der Waals surface area contributed by atoms with E-state index >= 15 is 0 Å². The third-order valence-corrected chi connectivity index (χ3v) is 5.34. The van der Waals surface area contributed by atoms with Crippen LogP contribution in [-0.2, 0) is 6.42 Å². The van der Waals surface area contributed by atoms with E-state index < -0.39 is 0 Å². The Morgan fingerprint density at radius 1 is 0.448 bits per heavy atom. The highest BCUT2D eigenvalue weighted by Gasteiger charge is 2.08. The molecule has 0 unspecified atom stereocenters. The molecule has 4 nitrogen and oxygen atoms in total. The van der Waals surface area contributed by atoms with Crippen LogP contribution in [0.5, 0.6) is 0 Å². The van der Waals surface area contributed by atoms with Gasteiger partial charge in [-0.2, -0.15) is 0 Å².